The van der Waals surface area contributed by atoms with E-state index in [0.29, 0.717) is 0 Å². The molecule has 7 aromatic rings. The third-order valence-corrected chi connectivity index (χ3v) is 7.93. The quantitative estimate of drug-likeness (QED) is 0.148. The molecule has 0 fully saturated rings. The van der Waals surface area contributed by atoms with Crippen molar-refractivity contribution in [1.82, 2.24) is 0 Å². The van der Waals surface area contributed by atoms with Gasteiger partial charge in [-0.2, -0.15) is 0 Å². The van der Waals surface area contributed by atoms with Crippen LogP contribution in [0.1, 0.15) is 0 Å². The molecule has 0 aliphatic rings. The van der Waals surface area contributed by atoms with E-state index in [4.69, 9.17) is 0 Å². The van der Waals surface area contributed by atoms with Crippen molar-refractivity contribution in [2.75, 3.05) is 0 Å². The van der Waals surface area contributed by atoms with Gasteiger partial charge in [0.05, 0.1) is 0 Å². The largest absolute Gasteiger partial charge is 0.0991 e. The molecule has 0 heterocycles. The first kappa shape index (κ1) is 24.9. The first-order valence-corrected chi connectivity index (χ1v) is 13.8. The second-order valence-electron chi connectivity index (χ2n) is 9.55. The summed E-state index contributed by atoms with van der Waals surface area (Å²) in [5.74, 6) is 0. The lowest BCUT2D eigenvalue weighted by atomic mass is 9.89. The van der Waals surface area contributed by atoms with Gasteiger partial charge in [-0.25, -0.2) is 0 Å². The van der Waals surface area contributed by atoms with Gasteiger partial charge in [-0.1, -0.05) is 150 Å². The van der Waals surface area contributed by atoms with Crippen LogP contribution in [0.4, 0.5) is 0 Å². The Balaban J connectivity index is 0.000000650. The fourth-order valence-corrected chi connectivity index (χ4v) is 6.05. The number of rotatable bonds is 3. The molecular weight excluding hydrogens is 536 g/mol. The third kappa shape index (κ3) is 4.56. The molecule has 0 aliphatic heterocycles. The van der Waals surface area contributed by atoms with Gasteiger partial charge in [0.1, 0.15) is 0 Å². The summed E-state index contributed by atoms with van der Waals surface area (Å²) in [6.45, 7) is 6.72. The van der Waals surface area contributed by atoms with Crippen LogP contribution >= 0.6 is 15.9 Å². The molecule has 1 heteroatoms. The molecule has 0 atom stereocenters. The van der Waals surface area contributed by atoms with E-state index < -0.39 is 0 Å². The molecule has 0 radical (unpaired) electrons. The first-order valence-electron chi connectivity index (χ1n) is 13.0. The molecule has 39 heavy (non-hydrogen) atoms. The summed E-state index contributed by atoms with van der Waals surface area (Å²) in [7, 11) is 0. The summed E-state index contributed by atoms with van der Waals surface area (Å²) >= 11 is 3.82. The van der Waals surface area contributed by atoms with Crippen LogP contribution in [0.25, 0.3) is 65.3 Å². The monoisotopic (exact) mass is 562 g/mol. The van der Waals surface area contributed by atoms with E-state index in [9.17, 15) is 0 Å². The van der Waals surface area contributed by atoms with Crippen LogP contribution in [-0.2, 0) is 0 Å². The zero-order valence-corrected chi connectivity index (χ0v) is 23.2. The molecule has 0 saturated heterocycles. The topological polar surface area (TPSA) is 0 Å². The molecule has 0 N–H and O–H groups in total. The van der Waals surface area contributed by atoms with E-state index in [1.165, 1.54) is 65.3 Å². The SMILES string of the molecule is Brc1cc2c3ccccc3c(-c3cccc(-c4cccc5ccccc45)c3)cc2c2ccccc12.C=CC=C. The van der Waals surface area contributed by atoms with Crippen LogP contribution in [-0.4, -0.2) is 0 Å². The van der Waals surface area contributed by atoms with Crippen molar-refractivity contribution >= 4 is 59.0 Å². The zero-order chi connectivity index (χ0) is 26.8. The van der Waals surface area contributed by atoms with Crippen molar-refractivity contribution in [1.29, 1.82) is 0 Å². The summed E-state index contributed by atoms with van der Waals surface area (Å²) < 4.78 is 1.14. The van der Waals surface area contributed by atoms with E-state index in [2.05, 4.69) is 156 Å². The fourth-order valence-electron chi connectivity index (χ4n) is 5.48. The van der Waals surface area contributed by atoms with Gasteiger partial charge in [-0.15, -0.1) is 0 Å². The second-order valence-corrected chi connectivity index (χ2v) is 10.4. The van der Waals surface area contributed by atoms with Gasteiger partial charge < -0.3 is 0 Å². The smallest absolute Gasteiger partial charge is 0.0260 e. The van der Waals surface area contributed by atoms with E-state index in [-0.39, 0.29) is 0 Å². The molecule has 7 rings (SSSR count). The van der Waals surface area contributed by atoms with E-state index >= 15 is 0 Å². The minimum absolute atomic E-state index is 1.14. The van der Waals surface area contributed by atoms with Gasteiger partial charge in [0, 0.05) is 4.47 Å². The maximum Gasteiger partial charge on any atom is 0.0260 e. The Morgan fingerprint density at radius 3 is 1.64 bits per heavy atom. The molecule has 7 aromatic carbocycles. The number of halogens is 1. The Labute approximate surface area is 237 Å². The standard InChI is InChI=1S/C34H21Br.C4H6/c35-34-21-33-28-15-4-3-14-27(28)31(20-32(33)29-16-5-6-17-30(29)34)24-12-7-11-23(19-24)26-18-8-10-22-9-1-2-13-25(22)26;1-3-4-2/h1-21H;3-4H,1-2H2. The average molecular weight is 564 g/mol. The number of fused-ring (bicyclic) bond motifs is 6. The normalized spacial score (nSPS) is 10.9. The predicted octanol–water partition coefficient (Wildman–Crippen LogP) is 11.8. The highest BCUT2D eigenvalue weighted by Gasteiger charge is 2.13. The fraction of sp³-hybridized carbons (Fsp3) is 0. The summed E-state index contributed by atoms with van der Waals surface area (Å²) in [5, 5.41) is 10.2. The third-order valence-electron chi connectivity index (χ3n) is 7.27. The molecule has 0 aliphatic carbocycles. The summed E-state index contributed by atoms with van der Waals surface area (Å²) in [6, 6.07) is 46.3. The maximum atomic E-state index is 3.82. The highest BCUT2D eigenvalue weighted by molar-refractivity contribution is 9.10. The molecule has 0 nitrogen and oxygen atoms in total. The Kier molecular flexibility index (Phi) is 6.84. The van der Waals surface area contributed by atoms with Crippen molar-refractivity contribution in [3.8, 4) is 22.3 Å². The van der Waals surface area contributed by atoms with Crippen molar-refractivity contribution in [2.24, 2.45) is 0 Å². The minimum Gasteiger partial charge on any atom is -0.0991 e. The highest BCUT2D eigenvalue weighted by atomic mass is 79.9. The molecule has 0 aromatic heterocycles. The first-order chi connectivity index (χ1) is 19.2. The average Bonchev–Trinajstić information content (AvgIpc) is 3.01. The number of hydrogen-bond donors (Lipinski definition) is 0. The molecule has 0 bridgehead atoms. The molecule has 0 unspecified atom stereocenters. The maximum absolute atomic E-state index is 3.82. The second kappa shape index (κ2) is 10.7. The molecule has 0 spiro atoms. The Hall–Kier alpha value is -4.46. The van der Waals surface area contributed by atoms with Gasteiger partial charge in [-0.3, -0.25) is 0 Å². The van der Waals surface area contributed by atoms with Gasteiger partial charge in [0.15, 0.2) is 0 Å². The number of benzene rings is 7. The van der Waals surface area contributed by atoms with Crippen molar-refractivity contribution in [2.45, 2.75) is 0 Å². The van der Waals surface area contributed by atoms with Crippen LogP contribution in [0.2, 0.25) is 0 Å². The van der Waals surface area contributed by atoms with E-state index in [1.807, 2.05) is 0 Å². The lowest BCUT2D eigenvalue weighted by Crippen LogP contribution is -1.88. The summed E-state index contributed by atoms with van der Waals surface area (Å²) in [5.41, 5.74) is 5.01. The van der Waals surface area contributed by atoms with Crippen molar-refractivity contribution < 1.29 is 0 Å². The zero-order valence-electron chi connectivity index (χ0n) is 21.6. The Bertz CT molecular complexity index is 2000. The van der Waals surface area contributed by atoms with E-state index in [1.54, 1.807) is 12.2 Å². The Morgan fingerprint density at radius 1 is 0.410 bits per heavy atom. The Morgan fingerprint density at radius 2 is 0.923 bits per heavy atom. The van der Waals surface area contributed by atoms with Crippen LogP contribution in [0.5, 0.6) is 0 Å². The van der Waals surface area contributed by atoms with Crippen molar-refractivity contribution in [3.05, 3.63) is 157 Å². The molecule has 186 valence electrons. The van der Waals surface area contributed by atoms with Crippen LogP contribution in [0.15, 0.2) is 157 Å². The highest BCUT2D eigenvalue weighted by Crippen LogP contribution is 2.41. The van der Waals surface area contributed by atoms with Crippen LogP contribution < -0.4 is 0 Å². The lowest BCUT2D eigenvalue weighted by molar-refractivity contribution is 1.63. The molecule has 0 saturated carbocycles. The lowest BCUT2D eigenvalue weighted by Gasteiger charge is -2.15. The van der Waals surface area contributed by atoms with Gasteiger partial charge in [0.25, 0.3) is 0 Å². The molecular formula is C38H27Br. The predicted molar refractivity (Wildman–Crippen MR) is 175 cm³/mol. The van der Waals surface area contributed by atoms with Gasteiger partial charge >= 0.3 is 0 Å². The minimum atomic E-state index is 1.14. The summed E-state index contributed by atoms with van der Waals surface area (Å²) in [4.78, 5) is 0. The van der Waals surface area contributed by atoms with Gasteiger partial charge in [0.2, 0.25) is 0 Å². The number of hydrogen-bond acceptors (Lipinski definition) is 0. The van der Waals surface area contributed by atoms with Crippen LogP contribution in [0.3, 0.4) is 0 Å². The number of allylic oxidation sites excluding steroid dienone is 2. The van der Waals surface area contributed by atoms with E-state index in [0.717, 1.165) is 4.47 Å². The van der Waals surface area contributed by atoms with Crippen LogP contribution in [0, 0.1) is 0 Å². The molecule has 0 amide bonds. The van der Waals surface area contributed by atoms with Crippen molar-refractivity contribution in [3.63, 3.8) is 0 Å². The summed E-state index contributed by atoms with van der Waals surface area (Å²) in [6.07, 6.45) is 3.28. The van der Waals surface area contributed by atoms with Gasteiger partial charge in [-0.05, 0) is 83.5 Å².